The second kappa shape index (κ2) is 9.16. The largest absolute Gasteiger partial charge is 0.493 e. The maximum absolute atomic E-state index is 11.3. The van der Waals surface area contributed by atoms with Crippen molar-refractivity contribution in [2.24, 2.45) is 0 Å². The first-order valence-electron chi connectivity index (χ1n) is 8.53. The maximum Gasteiger partial charge on any atom is 0.336 e. The number of ether oxygens (including phenoxy) is 3. The van der Waals surface area contributed by atoms with Crippen LogP contribution in [0.3, 0.4) is 0 Å². The van der Waals surface area contributed by atoms with Crippen molar-refractivity contribution < 1.29 is 39.1 Å². The third-order valence-corrected chi connectivity index (χ3v) is 4.00. The molecule has 27 heavy (non-hydrogen) atoms. The molecule has 0 bridgehead atoms. The molecule has 4 N–H and O–H groups in total. The van der Waals surface area contributed by atoms with E-state index in [-0.39, 0.29) is 17.1 Å². The zero-order valence-corrected chi connectivity index (χ0v) is 15.2. The van der Waals surface area contributed by atoms with Crippen molar-refractivity contribution >= 4 is 11.0 Å². The van der Waals surface area contributed by atoms with E-state index in [0.717, 1.165) is 0 Å². The third kappa shape index (κ3) is 4.40. The molecule has 150 valence electrons. The van der Waals surface area contributed by atoms with Crippen LogP contribution in [0, 0.1) is 0 Å². The minimum atomic E-state index is -1.56. The molecule has 0 spiro atoms. The van der Waals surface area contributed by atoms with Crippen LogP contribution in [0.4, 0.5) is 0 Å². The molecule has 1 aromatic carbocycles. The van der Waals surface area contributed by atoms with Gasteiger partial charge >= 0.3 is 5.63 Å². The van der Waals surface area contributed by atoms with E-state index >= 15 is 0 Å². The lowest BCUT2D eigenvalue weighted by atomic mass is 9.99. The molecule has 0 unspecified atom stereocenters. The zero-order chi connectivity index (χ0) is 20.1. The molecule has 1 saturated heterocycles. The van der Waals surface area contributed by atoms with Gasteiger partial charge in [0.2, 0.25) is 6.29 Å². The number of aliphatic hydroxyl groups excluding tert-OH is 4. The fourth-order valence-corrected chi connectivity index (χ4v) is 2.62. The topological polar surface area (TPSA) is 139 Å². The van der Waals surface area contributed by atoms with Gasteiger partial charge in [-0.25, -0.2) is 4.79 Å². The third-order valence-electron chi connectivity index (χ3n) is 4.00. The smallest absolute Gasteiger partial charge is 0.336 e. The highest BCUT2D eigenvalue weighted by atomic mass is 16.7. The van der Waals surface area contributed by atoms with Crippen molar-refractivity contribution in [1.82, 2.24) is 0 Å². The fraction of sp³-hybridized carbons (Fsp3) is 0.500. The second-order valence-corrected chi connectivity index (χ2v) is 5.61. The van der Waals surface area contributed by atoms with Crippen LogP contribution in [0.5, 0.6) is 11.5 Å². The van der Waals surface area contributed by atoms with Crippen LogP contribution in [-0.2, 0) is 4.74 Å². The summed E-state index contributed by atoms with van der Waals surface area (Å²) >= 11 is 0. The molecule has 9 heteroatoms. The molecular formula is C18H24O9. The van der Waals surface area contributed by atoms with Gasteiger partial charge in [0.15, 0.2) is 11.5 Å². The van der Waals surface area contributed by atoms with Gasteiger partial charge in [-0.2, -0.15) is 0 Å². The molecule has 1 aromatic heterocycles. The van der Waals surface area contributed by atoms with Crippen molar-refractivity contribution in [2.45, 2.75) is 44.6 Å². The summed E-state index contributed by atoms with van der Waals surface area (Å²) in [4.78, 5) is 11.3. The quantitative estimate of drug-likeness (QED) is 0.537. The molecule has 3 rings (SSSR count). The number of aliphatic hydroxyl groups is 4. The van der Waals surface area contributed by atoms with Crippen molar-refractivity contribution in [3.05, 3.63) is 34.7 Å². The Balaban J connectivity index is 0.00000126. The first-order chi connectivity index (χ1) is 12.9. The number of hydrogen-bond donors (Lipinski definition) is 4. The van der Waals surface area contributed by atoms with Gasteiger partial charge in [0.25, 0.3) is 0 Å². The normalized spacial score (nSPS) is 27.6. The summed E-state index contributed by atoms with van der Waals surface area (Å²) in [6.45, 7) is 3.44. The average molecular weight is 384 g/mol. The van der Waals surface area contributed by atoms with E-state index in [4.69, 9.17) is 18.6 Å². The summed E-state index contributed by atoms with van der Waals surface area (Å²) in [5, 5.41) is 39.4. The van der Waals surface area contributed by atoms with Crippen molar-refractivity contribution in [3.8, 4) is 11.5 Å². The molecule has 0 aliphatic carbocycles. The van der Waals surface area contributed by atoms with Gasteiger partial charge in [-0.05, 0) is 12.1 Å². The second-order valence-electron chi connectivity index (χ2n) is 5.61. The summed E-state index contributed by atoms with van der Waals surface area (Å²) in [6, 6.07) is 5.72. The number of hydrogen-bond acceptors (Lipinski definition) is 9. The SMILES string of the molecule is CC.COc1cc2oc(=O)ccc2cc1O[C@@H]1O[C@H](CO)[C@@H](O)[C@H](O)[C@H]1O. The Morgan fingerprint density at radius 1 is 1.04 bits per heavy atom. The molecule has 9 nitrogen and oxygen atoms in total. The average Bonchev–Trinajstić information content (AvgIpc) is 2.69. The molecular weight excluding hydrogens is 360 g/mol. The number of fused-ring (bicyclic) bond motifs is 1. The van der Waals surface area contributed by atoms with Crippen LogP contribution in [0.2, 0.25) is 0 Å². The maximum atomic E-state index is 11.3. The summed E-state index contributed by atoms with van der Waals surface area (Å²) in [5.74, 6) is 0.368. The first kappa shape index (κ1) is 21.1. The highest BCUT2D eigenvalue weighted by molar-refractivity contribution is 5.80. The predicted molar refractivity (Wildman–Crippen MR) is 94.8 cm³/mol. The molecule has 2 aromatic rings. The Hall–Kier alpha value is -2.17. The molecule has 1 aliphatic heterocycles. The van der Waals surface area contributed by atoms with Crippen LogP contribution in [0.15, 0.2) is 33.5 Å². The minimum absolute atomic E-state index is 0.160. The van der Waals surface area contributed by atoms with Gasteiger partial charge in [0, 0.05) is 17.5 Å². The molecule has 0 amide bonds. The van der Waals surface area contributed by atoms with Gasteiger partial charge < -0.3 is 39.1 Å². The van der Waals surface area contributed by atoms with E-state index in [1.54, 1.807) is 0 Å². The fourth-order valence-electron chi connectivity index (χ4n) is 2.62. The van der Waals surface area contributed by atoms with Gasteiger partial charge in [0.05, 0.1) is 13.7 Å². The summed E-state index contributed by atoms with van der Waals surface area (Å²) < 4.78 is 21.1. The van der Waals surface area contributed by atoms with Crippen LogP contribution in [0.25, 0.3) is 11.0 Å². The lowest BCUT2D eigenvalue weighted by molar-refractivity contribution is -0.277. The van der Waals surface area contributed by atoms with E-state index < -0.39 is 42.9 Å². The van der Waals surface area contributed by atoms with Gasteiger partial charge in [-0.1, -0.05) is 13.8 Å². The van der Waals surface area contributed by atoms with Gasteiger partial charge in [0.1, 0.15) is 30.0 Å². The predicted octanol–water partition coefficient (Wildman–Crippen LogP) is 0.00650. The lowest BCUT2D eigenvalue weighted by Gasteiger charge is -2.39. The van der Waals surface area contributed by atoms with Gasteiger partial charge in [-0.15, -0.1) is 0 Å². The standard InChI is InChI=1S/C16H18O9.C2H6/c1-22-9-5-8-7(2-3-12(18)23-8)4-10(9)24-16-15(21)14(20)13(19)11(6-17)25-16;1-2/h2-5,11,13-17,19-21H,6H2,1H3;1-2H3/t11-,13-,14+,15-,16-;/m1./s1. The number of rotatable bonds is 4. The molecule has 1 fully saturated rings. The first-order valence-corrected chi connectivity index (χ1v) is 8.53. The van der Waals surface area contributed by atoms with Crippen LogP contribution >= 0.6 is 0 Å². The Morgan fingerprint density at radius 2 is 1.74 bits per heavy atom. The monoisotopic (exact) mass is 384 g/mol. The summed E-state index contributed by atoms with van der Waals surface area (Å²) in [6.07, 6.45) is -7.02. The van der Waals surface area contributed by atoms with E-state index in [1.807, 2.05) is 13.8 Å². The van der Waals surface area contributed by atoms with Crippen LogP contribution < -0.4 is 15.1 Å². The van der Waals surface area contributed by atoms with E-state index in [1.165, 1.54) is 31.4 Å². The lowest BCUT2D eigenvalue weighted by Crippen LogP contribution is -2.60. The van der Waals surface area contributed by atoms with Crippen LogP contribution in [-0.4, -0.2) is 64.8 Å². The Bertz CT molecular complexity index is 801. The van der Waals surface area contributed by atoms with E-state index in [9.17, 15) is 25.2 Å². The zero-order valence-electron chi connectivity index (χ0n) is 15.2. The highest BCUT2D eigenvalue weighted by Crippen LogP contribution is 2.34. The number of methoxy groups -OCH3 is 1. The molecule has 2 heterocycles. The Labute approximate surface area is 155 Å². The molecule has 5 atom stereocenters. The highest BCUT2D eigenvalue weighted by Gasteiger charge is 2.45. The molecule has 0 saturated carbocycles. The van der Waals surface area contributed by atoms with E-state index in [0.29, 0.717) is 5.39 Å². The Kier molecular flexibility index (Phi) is 7.17. The van der Waals surface area contributed by atoms with Crippen molar-refractivity contribution in [3.63, 3.8) is 0 Å². The van der Waals surface area contributed by atoms with Crippen molar-refractivity contribution in [1.29, 1.82) is 0 Å². The van der Waals surface area contributed by atoms with Crippen molar-refractivity contribution in [2.75, 3.05) is 13.7 Å². The van der Waals surface area contributed by atoms with Gasteiger partial charge in [-0.3, -0.25) is 0 Å². The van der Waals surface area contributed by atoms with E-state index in [2.05, 4.69) is 0 Å². The molecule has 1 aliphatic rings. The minimum Gasteiger partial charge on any atom is -0.493 e. The summed E-state index contributed by atoms with van der Waals surface area (Å²) in [5.41, 5.74) is -0.234. The van der Waals surface area contributed by atoms with Crippen LogP contribution in [0.1, 0.15) is 13.8 Å². The number of benzene rings is 1. The molecule has 0 radical (unpaired) electrons. The Morgan fingerprint density at radius 3 is 2.37 bits per heavy atom. The summed E-state index contributed by atoms with van der Waals surface area (Å²) in [7, 11) is 1.38.